The summed E-state index contributed by atoms with van der Waals surface area (Å²) in [5, 5.41) is 8.12. The summed E-state index contributed by atoms with van der Waals surface area (Å²) in [5.41, 5.74) is 0.418. The Morgan fingerprint density at radius 1 is 0.920 bits per heavy atom. The third kappa shape index (κ3) is 21.3. The predicted molar refractivity (Wildman–Crippen MR) is 102 cm³/mol. The molecule has 0 fully saturated rings. The van der Waals surface area contributed by atoms with E-state index in [4.69, 9.17) is 26.5 Å². The van der Waals surface area contributed by atoms with Gasteiger partial charge < -0.3 is 19.4 Å². The molecular formula is C15H34ClN2O6P. The second-order valence-electron chi connectivity index (χ2n) is 4.60. The summed E-state index contributed by atoms with van der Waals surface area (Å²) in [5.74, 6) is -2.65. The Balaban J connectivity index is -0.000000304. The van der Waals surface area contributed by atoms with Gasteiger partial charge in [-0.3, -0.25) is 9.79 Å². The molecular weight excluding hydrogens is 371 g/mol. The summed E-state index contributed by atoms with van der Waals surface area (Å²) < 4.78 is 13.7. The van der Waals surface area contributed by atoms with Crippen LogP contribution in [0, 0.1) is 0 Å². The number of halogens is 1. The van der Waals surface area contributed by atoms with Gasteiger partial charge in [-0.05, 0) is 39.3 Å². The minimum absolute atomic E-state index is 0.418. The van der Waals surface area contributed by atoms with Gasteiger partial charge in [0.2, 0.25) is 5.76 Å². The smallest absolute Gasteiger partial charge is 0.475 e. The summed E-state index contributed by atoms with van der Waals surface area (Å²) in [6.07, 6.45) is 0. The Bertz CT molecular complexity index is 372. The Morgan fingerprint density at radius 2 is 1.20 bits per heavy atom. The van der Waals surface area contributed by atoms with Gasteiger partial charge in [-0.25, -0.2) is 9.36 Å². The van der Waals surface area contributed by atoms with E-state index in [1.54, 1.807) is 0 Å². The largest absolute Gasteiger partial charge is 0.525 e. The normalized spacial score (nSPS) is 11.4. The van der Waals surface area contributed by atoms with Crippen LogP contribution in [0.5, 0.6) is 0 Å². The van der Waals surface area contributed by atoms with Crippen LogP contribution in [0.25, 0.3) is 0 Å². The number of nitrogens with zero attached hydrogens (tertiary/aromatic N) is 2. The van der Waals surface area contributed by atoms with E-state index in [0.29, 0.717) is 5.54 Å². The summed E-state index contributed by atoms with van der Waals surface area (Å²) in [6.45, 7) is 20.2. The van der Waals surface area contributed by atoms with Crippen LogP contribution in [0.4, 0.5) is 0 Å². The Kier molecular flexibility index (Phi) is 21.2. The quantitative estimate of drug-likeness (QED) is 0.305. The lowest BCUT2D eigenvalue weighted by atomic mass is 10.5. The van der Waals surface area contributed by atoms with Gasteiger partial charge in [0, 0.05) is 0 Å². The molecule has 0 aromatic rings. The summed E-state index contributed by atoms with van der Waals surface area (Å²) in [7, 11) is -4.83. The minimum Gasteiger partial charge on any atom is -0.475 e. The van der Waals surface area contributed by atoms with Crippen molar-refractivity contribution in [3.63, 3.8) is 0 Å². The molecule has 10 heteroatoms. The van der Waals surface area contributed by atoms with Gasteiger partial charge >= 0.3 is 13.8 Å². The second-order valence-corrected chi connectivity index (χ2v) is 5.98. The zero-order valence-electron chi connectivity index (χ0n) is 16.1. The molecule has 0 saturated carbocycles. The van der Waals surface area contributed by atoms with Crippen LogP contribution in [0.2, 0.25) is 0 Å². The lowest BCUT2D eigenvalue weighted by molar-refractivity contribution is -0.135. The van der Waals surface area contributed by atoms with Crippen molar-refractivity contribution >= 4 is 25.4 Å². The van der Waals surface area contributed by atoms with Crippen molar-refractivity contribution in [1.82, 2.24) is 9.80 Å². The van der Waals surface area contributed by atoms with Crippen molar-refractivity contribution in [3.05, 3.63) is 11.3 Å². The van der Waals surface area contributed by atoms with E-state index in [0.717, 1.165) is 0 Å². The third-order valence-electron chi connectivity index (χ3n) is 3.21. The maximum atomic E-state index is 10.0. The van der Waals surface area contributed by atoms with E-state index in [9.17, 15) is 9.36 Å². The Hall–Kier alpha value is -0.630. The van der Waals surface area contributed by atoms with Crippen molar-refractivity contribution in [2.24, 2.45) is 0 Å². The molecule has 0 spiro atoms. The van der Waals surface area contributed by atoms with E-state index >= 15 is 0 Å². The predicted octanol–water partition coefficient (Wildman–Crippen LogP) is 2.96. The van der Waals surface area contributed by atoms with Crippen LogP contribution in [0.3, 0.4) is 0 Å². The van der Waals surface area contributed by atoms with Gasteiger partial charge in [-0.2, -0.15) is 0 Å². The monoisotopic (exact) mass is 404 g/mol. The van der Waals surface area contributed by atoms with Crippen LogP contribution < -0.4 is 0 Å². The van der Waals surface area contributed by atoms with Gasteiger partial charge in [0.05, 0.1) is 5.54 Å². The standard InChI is InChI=1S/2C6H15N.C3H4ClO6P/c2*1-4-7(5-2)6-3;4-1-2(3(5)6)10-11(7,8)9/h2*4-6H2,1-3H3;1H,(H,5,6)(H2,7,8,9)/b;;2-1+. The van der Waals surface area contributed by atoms with E-state index in [1.807, 2.05) is 0 Å². The molecule has 8 nitrogen and oxygen atoms in total. The van der Waals surface area contributed by atoms with Gasteiger partial charge in [-0.15, -0.1) is 0 Å². The molecule has 0 radical (unpaired) electrons. The molecule has 0 amide bonds. The molecule has 3 N–H and O–H groups in total. The molecule has 0 unspecified atom stereocenters. The fraction of sp³-hybridized carbons (Fsp3) is 0.800. The number of phosphoric acid groups is 1. The number of hydrogen-bond acceptors (Lipinski definition) is 5. The highest BCUT2D eigenvalue weighted by molar-refractivity contribution is 7.46. The van der Waals surface area contributed by atoms with Crippen LogP contribution in [-0.4, -0.2) is 69.9 Å². The van der Waals surface area contributed by atoms with Crippen molar-refractivity contribution in [3.8, 4) is 0 Å². The number of carbonyl (C=O) groups is 1. The molecule has 0 aliphatic rings. The van der Waals surface area contributed by atoms with Crippen LogP contribution in [-0.2, 0) is 13.9 Å². The van der Waals surface area contributed by atoms with Crippen molar-refractivity contribution in [1.29, 1.82) is 0 Å². The first kappa shape index (κ1) is 29.1. The molecule has 0 aliphatic carbocycles. The second kappa shape index (κ2) is 18.2. The third-order valence-corrected chi connectivity index (χ3v) is 3.84. The van der Waals surface area contributed by atoms with Crippen molar-refractivity contribution in [2.45, 2.75) is 41.5 Å². The van der Waals surface area contributed by atoms with Crippen LogP contribution in [0.15, 0.2) is 11.3 Å². The van der Waals surface area contributed by atoms with Crippen molar-refractivity contribution in [2.75, 3.05) is 39.3 Å². The molecule has 0 aromatic heterocycles. The van der Waals surface area contributed by atoms with Crippen LogP contribution >= 0.6 is 19.4 Å². The fourth-order valence-corrected chi connectivity index (χ4v) is 2.16. The molecule has 0 aliphatic heterocycles. The zero-order chi connectivity index (χ0) is 20.5. The zero-order valence-corrected chi connectivity index (χ0v) is 17.8. The molecule has 0 bridgehead atoms. The first-order valence-corrected chi connectivity index (χ1v) is 10.3. The molecule has 152 valence electrons. The summed E-state index contributed by atoms with van der Waals surface area (Å²) in [4.78, 5) is 30.9. The highest BCUT2D eigenvalue weighted by Gasteiger charge is 2.21. The van der Waals surface area contributed by atoms with E-state index in [2.05, 4.69) is 55.9 Å². The number of carboxylic acids is 1. The van der Waals surface area contributed by atoms with Crippen molar-refractivity contribution < 1.29 is 28.8 Å². The number of rotatable bonds is 9. The van der Waals surface area contributed by atoms with Gasteiger partial charge in [-0.1, -0.05) is 53.1 Å². The van der Waals surface area contributed by atoms with E-state index in [1.165, 1.54) is 39.3 Å². The Morgan fingerprint density at radius 3 is 1.24 bits per heavy atom. The summed E-state index contributed by atoms with van der Waals surface area (Å²) in [6, 6.07) is 0. The highest BCUT2D eigenvalue weighted by atomic mass is 35.5. The maximum absolute atomic E-state index is 10.0. The number of carboxylic acid groups (broad SMARTS) is 1. The average molecular weight is 405 g/mol. The van der Waals surface area contributed by atoms with Gasteiger partial charge in [0.15, 0.2) is 0 Å². The van der Waals surface area contributed by atoms with Gasteiger partial charge in [0.1, 0.15) is 0 Å². The number of phosphoric ester groups is 1. The Labute approximate surface area is 156 Å². The molecule has 0 saturated heterocycles. The number of hydrogen-bond donors (Lipinski definition) is 3. The summed E-state index contributed by atoms with van der Waals surface area (Å²) >= 11 is 4.86. The first-order valence-electron chi connectivity index (χ1n) is 8.29. The number of aliphatic carboxylic acids is 1. The fourth-order valence-electron chi connectivity index (χ4n) is 1.58. The van der Waals surface area contributed by atoms with Gasteiger partial charge in [0.25, 0.3) is 0 Å². The average Bonchev–Trinajstić information content (AvgIpc) is 2.56. The molecule has 0 rings (SSSR count). The molecule has 0 aromatic carbocycles. The lowest BCUT2D eigenvalue weighted by Gasteiger charge is -2.13. The SMILES string of the molecule is CCN(CC)CC.CCN(CC)CC.O=C(O)/C(=C\Cl)OP(=O)(O)O. The first-order chi connectivity index (χ1) is 11.6. The maximum Gasteiger partial charge on any atom is 0.525 e. The lowest BCUT2D eigenvalue weighted by Crippen LogP contribution is -2.21. The van der Waals surface area contributed by atoms with E-state index in [-0.39, 0.29) is 0 Å². The van der Waals surface area contributed by atoms with E-state index < -0.39 is 19.6 Å². The molecule has 0 heterocycles. The highest BCUT2D eigenvalue weighted by Crippen LogP contribution is 2.38. The molecule has 25 heavy (non-hydrogen) atoms. The minimum atomic E-state index is -4.83. The van der Waals surface area contributed by atoms with Crippen LogP contribution in [0.1, 0.15) is 41.5 Å². The topological polar surface area (TPSA) is 111 Å². The molecule has 0 atom stereocenters.